The topological polar surface area (TPSA) is 47.6 Å². The van der Waals surface area contributed by atoms with E-state index in [1.54, 1.807) is 11.8 Å². The van der Waals surface area contributed by atoms with Crippen molar-refractivity contribution in [1.82, 2.24) is 5.32 Å². The quantitative estimate of drug-likeness (QED) is 0.784. The number of thioether (sulfide) groups is 1. The number of benzene rings is 1. The first-order chi connectivity index (χ1) is 9.93. The highest BCUT2D eigenvalue weighted by molar-refractivity contribution is 8.01. The van der Waals surface area contributed by atoms with E-state index in [1.165, 1.54) is 5.56 Å². The van der Waals surface area contributed by atoms with Crippen molar-refractivity contribution in [3.05, 3.63) is 35.9 Å². The molecular weight excluding hydrogens is 305 g/mol. The number of nitrogens with one attached hydrogen (secondary N) is 1. The fraction of sp³-hybridized carbons (Fsp3) is 0.600. The molecule has 1 aromatic carbocycles. The first kappa shape index (κ1) is 17.0. The summed E-state index contributed by atoms with van der Waals surface area (Å²) in [7, 11) is -3.18. The summed E-state index contributed by atoms with van der Waals surface area (Å²) in [4.78, 5) is 0. The van der Waals surface area contributed by atoms with Crippen molar-refractivity contribution in [1.29, 1.82) is 0 Å². The zero-order valence-corrected chi connectivity index (χ0v) is 14.7. The third-order valence-corrected chi connectivity index (χ3v) is 7.75. The minimum atomic E-state index is -3.18. The monoisotopic (exact) mass is 329 g/mol. The SMILES string of the molecule is CCOP(=O)(OCC)[C@@H]1N[C@H](c2ccccc2)SC1(C)C. The van der Waals surface area contributed by atoms with E-state index in [-0.39, 0.29) is 15.9 Å². The van der Waals surface area contributed by atoms with Crippen molar-refractivity contribution >= 4 is 19.4 Å². The maximum atomic E-state index is 13.1. The lowest BCUT2D eigenvalue weighted by molar-refractivity contribution is 0.204. The smallest absolute Gasteiger partial charge is 0.308 e. The molecule has 0 aromatic heterocycles. The normalized spacial score (nSPS) is 25.1. The van der Waals surface area contributed by atoms with Gasteiger partial charge < -0.3 is 9.05 Å². The van der Waals surface area contributed by atoms with Crippen molar-refractivity contribution in [2.75, 3.05) is 13.2 Å². The highest BCUT2D eigenvalue weighted by Gasteiger charge is 2.52. The first-order valence-corrected chi connectivity index (χ1v) is 9.79. The average molecular weight is 329 g/mol. The fourth-order valence-corrected chi connectivity index (χ4v) is 6.71. The minimum absolute atomic E-state index is 0.0976. The summed E-state index contributed by atoms with van der Waals surface area (Å²) in [5, 5.41) is 3.56. The van der Waals surface area contributed by atoms with Gasteiger partial charge >= 0.3 is 7.60 Å². The van der Waals surface area contributed by atoms with Crippen LogP contribution in [-0.2, 0) is 13.6 Å². The van der Waals surface area contributed by atoms with Gasteiger partial charge in [0.25, 0.3) is 0 Å². The lowest BCUT2D eigenvalue weighted by Crippen LogP contribution is -2.38. The molecule has 0 saturated carbocycles. The molecule has 1 aliphatic heterocycles. The largest absolute Gasteiger partial charge is 0.348 e. The van der Waals surface area contributed by atoms with E-state index >= 15 is 0 Å². The number of hydrogen-bond acceptors (Lipinski definition) is 5. The van der Waals surface area contributed by atoms with Gasteiger partial charge in [0.2, 0.25) is 0 Å². The van der Waals surface area contributed by atoms with Gasteiger partial charge in [-0.3, -0.25) is 9.88 Å². The Bertz CT molecular complexity index is 499. The van der Waals surface area contributed by atoms with E-state index in [0.717, 1.165) is 0 Å². The Morgan fingerprint density at radius 2 is 1.76 bits per heavy atom. The molecule has 0 spiro atoms. The molecule has 4 nitrogen and oxygen atoms in total. The summed E-state index contributed by atoms with van der Waals surface area (Å²) in [6.07, 6.45) is 0. The van der Waals surface area contributed by atoms with Gasteiger partial charge in [0, 0.05) is 4.75 Å². The van der Waals surface area contributed by atoms with Gasteiger partial charge in [-0.2, -0.15) is 0 Å². The molecule has 0 radical (unpaired) electrons. The second-order valence-electron chi connectivity index (χ2n) is 5.46. The van der Waals surface area contributed by atoms with Gasteiger partial charge in [0.1, 0.15) is 5.78 Å². The zero-order chi connectivity index (χ0) is 15.5. The molecule has 2 atom stereocenters. The predicted molar refractivity (Wildman–Crippen MR) is 88.6 cm³/mol. The van der Waals surface area contributed by atoms with Crippen LogP contribution >= 0.6 is 19.4 Å². The van der Waals surface area contributed by atoms with E-state index in [2.05, 4.69) is 31.3 Å². The minimum Gasteiger partial charge on any atom is -0.308 e. The summed E-state index contributed by atoms with van der Waals surface area (Å²) in [6, 6.07) is 10.2. The van der Waals surface area contributed by atoms with Crippen molar-refractivity contribution in [3.63, 3.8) is 0 Å². The molecule has 1 aromatic rings. The van der Waals surface area contributed by atoms with Crippen LogP contribution in [-0.4, -0.2) is 23.7 Å². The van der Waals surface area contributed by atoms with E-state index in [4.69, 9.17) is 9.05 Å². The van der Waals surface area contributed by atoms with Gasteiger partial charge in [-0.1, -0.05) is 30.3 Å². The summed E-state index contributed by atoms with van der Waals surface area (Å²) in [5.74, 6) is -0.319. The molecule has 21 heavy (non-hydrogen) atoms. The maximum absolute atomic E-state index is 13.1. The lowest BCUT2D eigenvalue weighted by atomic mass is 10.2. The van der Waals surface area contributed by atoms with Crippen molar-refractivity contribution in [2.24, 2.45) is 0 Å². The molecule has 0 bridgehead atoms. The van der Waals surface area contributed by atoms with Crippen molar-refractivity contribution < 1.29 is 13.6 Å². The highest BCUT2D eigenvalue weighted by Crippen LogP contribution is 2.63. The molecule has 6 heteroatoms. The summed E-state index contributed by atoms with van der Waals surface area (Å²) >= 11 is 1.76. The van der Waals surface area contributed by atoms with Gasteiger partial charge in [-0.25, -0.2) is 0 Å². The molecule has 118 valence electrons. The van der Waals surface area contributed by atoms with E-state index < -0.39 is 7.60 Å². The molecule has 1 aliphatic rings. The van der Waals surface area contributed by atoms with Crippen LogP contribution in [0, 0.1) is 0 Å². The maximum Gasteiger partial charge on any atom is 0.348 e. The Labute approximate surface area is 131 Å². The van der Waals surface area contributed by atoms with Crippen LogP contribution in [0.25, 0.3) is 0 Å². The van der Waals surface area contributed by atoms with E-state index in [0.29, 0.717) is 13.2 Å². The first-order valence-electron chi connectivity index (χ1n) is 7.30. The molecule has 0 aliphatic carbocycles. The Morgan fingerprint density at radius 1 is 1.19 bits per heavy atom. The molecule has 1 N–H and O–H groups in total. The third kappa shape index (κ3) is 3.72. The van der Waals surface area contributed by atoms with Crippen LogP contribution in [0.1, 0.15) is 38.6 Å². The van der Waals surface area contributed by atoms with Crippen LogP contribution < -0.4 is 5.32 Å². The van der Waals surface area contributed by atoms with Gasteiger partial charge in [0.15, 0.2) is 0 Å². The van der Waals surface area contributed by atoms with Crippen LogP contribution in [0.15, 0.2) is 30.3 Å². The van der Waals surface area contributed by atoms with Gasteiger partial charge in [-0.15, -0.1) is 11.8 Å². The van der Waals surface area contributed by atoms with Crippen LogP contribution in [0.4, 0.5) is 0 Å². The number of rotatable bonds is 6. The Kier molecular flexibility index (Phi) is 5.55. The molecule has 0 unspecified atom stereocenters. The van der Waals surface area contributed by atoms with Crippen LogP contribution in [0.3, 0.4) is 0 Å². The van der Waals surface area contributed by atoms with Crippen molar-refractivity contribution in [3.8, 4) is 0 Å². The van der Waals surface area contributed by atoms with Crippen LogP contribution in [0.5, 0.6) is 0 Å². The fourth-order valence-electron chi connectivity index (χ4n) is 2.56. The summed E-state index contributed by atoms with van der Waals surface area (Å²) < 4.78 is 23.9. The third-order valence-electron chi connectivity index (χ3n) is 3.43. The molecule has 1 saturated heterocycles. The van der Waals surface area contributed by atoms with E-state index in [1.807, 2.05) is 32.0 Å². The highest BCUT2D eigenvalue weighted by atomic mass is 32.2. The number of hydrogen-bond donors (Lipinski definition) is 1. The molecule has 1 heterocycles. The standard InChI is InChI=1S/C15H24NO3PS/c1-5-18-20(17,19-6-2)14-15(3,4)21-13(16-14)12-10-8-7-9-11-12/h7-11,13-14,16H,5-6H2,1-4H3/t13-,14-/m0/s1. The molecule has 2 rings (SSSR count). The Hall–Kier alpha value is -0.320. The zero-order valence-electron chi connectivity index (χ0n) is 13.0. The summed E-state index contributed by atoms with van der Waals surface area (Å²) in [6.45, 7) is 8.62. The molecule has 1 fully saturated rings. The Balaban J connectivity index is 2.25. The van der Waals surface area contributed by atoms with Crippen molar-refractivity contribution in [2.45, 2.75) is 43.6 Å². The average Bonchev–Trinajstić information content (AvgIpc) is 2.77. The summed E-state index contributed by atoms with van der Waals surface area (Å²) in [5.41, 5.74) is 1.18. The Morgan fingerprint density at radius 3 is 2.29 bits per heavy atom. The molecular formula is C15H24NO3PS. The molecule has 0 amide bonds. The second kappa shape index (κ2) is 6.84. The van der Waals surface area contributed by atoms with E-state index in [9.17, 15) is 4.57 Å². The lowest BCUT2D eigenvalue weighted by Gasteiger charge is -2.31. The van der Waals surface area contributed by atoms with Gasteiger partial charge in [0.05, 0.1) is 18.6 Å². The predicted octanol–water partition coefficient (Wildman–Crippen LogP) is 4.39. The second-order valence-corrected chi connectivity index (χ2v) is 9.33. The van der Waals surface area contributed by atoms with Crippen LogP contribution in [0.2, 0.25) is 0 Å². The van der Waals surface area contributed by atoms with Gasteiger partial charge in [-0.05, 0) is 33.3 Å².